The molecule has 0 saturated carbocycles. The Hall–Kier alpha value is -2.53. The summed E-state index contributed by atoms with van der Waals surface area (Å²) in [6.07, 6.45) is -1.15. The van der Waals surface area contributed by atoms with E-state index in [1.54, 1.807) is 0 Å². The van der Waals surface area contributed by atoms with Gasteiger partial charge in [-0.2, -0.15) is 0 Å². The predicted octanol–water partition coefficient (Wildman–Crippen LogP) is -3.58. The van der Waals surface area contributed by atoms with Crippen LogP contribution in [0.25, 0.3) is 0 Å². The van der Waals surface area contributed by atoms with Crippen LogP contribution in [0.2, 0.25) is 0 Å². The molecule has 0 aromatic rings. The zero-order valence-corrected chi connectivity index (χ0v) is 11.4. The van der Waals surface area contributed by atoms with E-state index in [1.807, 2.05) is 10.6 Å². The minimum Gasteiger partial charge on any atom is -0.481 e. The number of aliphatic hydroxyl groups is 1. The SMILES string of the molecule is N[C@@H](CC(=O)O)C(=O)N[C@@H](CO)C(=O)N[C@H](C=O)CC(=O)O. The lowest BCUT2D eigenvalue weighted by molar-refractivity contribution is -0.139. The molecule has 0 bridgehead atoms. The molecule has 0 aliphatic rings. The number of amides is 2. The van der Waals surface area contributed by atoms with Crippen molar-refractivity contribution in [3.8, 4) is 0 Å². The van der Waals surface area contributed by atoms with Crippen molar-refractivity contribution in [2.24, 2.45) is 5.73 Å². The number of carboxylic acid groups (broad SMARTS) is 2. The minimum atomic E-state index is -1.50. The maximum absolute atomic E-state index is 11.7. The highest BCUT2D eigenvalue weighted by Gasteiger charge is 2.26. The lowest BCUT2D eigenvalue weighted by Crippen LogP contribution is -2.55. The topological polar surface area (TPSA) is 196 Å². The highest BCUT2D eigenvalue weighted by molar-refractivity contribution is 5.92. The molecule has 0 aliphatic heterocycles. The van der Waals surface area contributed by atoms with Crippen molar-refractivity contribution in [1.82, 2.24) is 10.6 Å². The van der Waals surface area contributed by atoms with E-state index in [0.717, 1.165) is 0 Å². The first-order valence-electron chi connectivity index (χ1n) is 6.07. The van der Waals surface area contributed by atoms with Crippen LogP contribution < -0.4 is 16.4 Å². The highest BCUT2D eigenvalue weighted by Crippen LogP contribution is 1.94. The molecule has 2 amide bonds. The summed E-state index contributed by atoms with van der Waals surface area (Å²) in [5, 5.41) is 30.1. The Morgan fingerprint density at radius 1 is 1.00 bits per heavy atom. The normalized spacial score (nSPS) is 14.3. The third-order valence-corrected chi connectivity index (χ3v) is 2.43. The van der Waals surface area contributed by atoms with E-state index >= 15 is 0 Å². The van der Waals surface area contributed by atoms with Gasteiger partial charge in [0.1, 0.15) is 12.3 Å². The molecule has 0 aromatic carbocycles. The molecule has 0 saturated heterocycles. The number of hydrogen-bond acceptors (Lipinski definition) is 7. The number of carbonyl (C=O) groups is 5. The van der Waals surface area contributed by atoms with Crippen molar-refractivity contribution < 1.29 is 39.3 Å². The summed E-state index contributed by atoms with van der Waals surface area (Å²) in [6, 6.07) is -4.26. The second-order valence-corrected chi connectivity index (χ2v) is 4.30. The fourth-order valence-electron chi connectivity index (χ4n) is 1.36. The summed E-state index contributed by atoms with van der Waals surface area (Å²) < 4.78 is 0. The number of nitrogens with one attached hydrogen (secondary N) is 2. The third kappa shape index (κ3) is 7.31. The number of aliphatic carboxylic acids is 2. The molecule has 0 unspecified atom stereocenters. The molecule has 0 fully saturated rings. The molecule has 0 heterocycles. The van der Waals surface area contributed by atoms with Crippen LogP contribution in [0.1, 0.15) is 12.8 Å². The smallest absolute Gasteiger partial charge is 0.305 e. The molecule has 11 heteroatoms. The van der Waals surface area contributed by atoms with Crippen LogP contribution in [0.4, 0.5) is 0 Å². The largest absolute Gasteiger partial charge is 0.481 e. The van der Waals surface area contributed by atoms with Crippen molar-refractivity contribution in [2.75, 3.05) is 6.61 Å². The van der Waals surface area contributed by atoms with Gasteiger partial charge in [0.25, 0.3) is 0 Å². The van der Waals surface area contributed by atoms with Gasteiger partial charge >= 0.3 is 11.9 Å². The second-order valence-electron chi connectivity index (χ2n) is 4.30. The lowest BCUT2D eigenvalue weighted by atomic mass is 10.1. The van der Waals surface area contributed by atoms with Gasteiger partial charge in [0.15, 0.2) is 0 Å². The first kappa shape index (κ1) is 19.5. The molecule has 3 atom stereocenters. The number of aldehydes is 1. The zero-order valence-electron chi connectivity index (χ0n) is 11.4. The van der Waals surface area contributed by atoms with Gasteiger partial charge < -0.3 is 36.5 Å². The Bertz CT molecular complexity index is 453. The predicted molar refractivity (Wildman–Crippen MR) is 69.5 cm³/mol. The van der Waals surface area contributed by atoms with Gasteiger partial charge in [0, 0.05) is 0 Å². The zero-order chi connectivity index (χ0) is 17.3. The summed E-state index contributed by atoms with van der Waals surface area (Å²) >= 11 is 0. The van der Waals surface area contributed by atoms with Crippen molar-refractivity contribution in [3.63, 3.8) is 0 Å². The number of hydrogen-bond donors (Lipinski definition) is 6. The number of nitrogens with two attached hydrogens (primary N) is 1. The molecule has 0 aromatic heterocycles. The summed E-state index contributed by atoms with van der Waals surface area (Å²) in [7, 11) is 0. The number of carboxylic acids is 2. The maximum atomic E-state index is 11.7. The summed E-state index contributed by atoms with van der Waals surface area (Å²) in [6.45, 7) is -0.851. The fourth-order valence-corrected chi connectivity index (χ4v) is 1.36. The average Bonchev–Trinajstić information content (AvgIpc) is 2.41. The van der Waals surface area contributed by atoms with Gasteiger partial charge in [-0.25, -0.2) is 0 Å². The third-order valence-electron chi connectivity index (χ3n) is 2.43. The summed E-state index contributed by atoms with van der Waals surface area (Å²) in [5.41, 5.74) is 5.27. The molecule has 22 heavy (non-hydrogen) atoms. The van der Waals surface area contributed by atoms with Crippen LogP contribution in [0.15, 0.2) is 0 Å². The van der Waals surface area contributed by atoms with E-state index < -0.39 is 61.3 Å². The van der Waals surface area contributed by atoms with E-state index in [9.17, 15) is 24.0 Å². The standard InChI is InChI=1S/C11H17N3O8/c12-6(2-9(19)20)10(21)14-7(4-16)11(22)13-5(3-15)1-8(17)18/h3,5-7,16H,1-2,4,12H2,(H,13,22)(H,14,21)(H,17,18)(H,19,20)/t5-,6-,7-/m0/s1. The maximum Gasteiger partial charge on any atom is 0.305 e. The van der Waals surface area contributed by atoms with Gasteiger partial charge in [0.2, 0.25) is 11.8 Å². The quantitative estimate of drug-likeness (QED) is 0.220. The average molecular weight is 319 g/mol. The van der Waals surface area contributed by atoms with Gasteiger partial charge in [-0.05, 0) is 0 Å². The molecular formula is C11H17N3O8. The van der Waals surface area contributed by atoms with Crippen molar-refractivity contribution in [3.05, 3.63) is 0 Å². The van der Waals surface area contributed by atoms with Gasteiger partial charge in [-0.1, -0.05) is 0 Å². The molecule has 0 spiro atoms. The van der Waals surface area contributed by atoms with Gasteiger partial charge in [-0.15, -0.1) is 0 Å². The van der Waals surface area contributed by atoms with Crippen LogP contribution in [0.5, 0.6) is 0 Å². The van der Waals surface area contributed by atoms with Crippen LogP contribution in [-0.2, 0) is 24.0 Å². The van der Waals surface area contributed by atoms with E-state index in [0.29, 0.717) is 0 Å². The van der Waals surface area contributed by atoms with E-state index in [2.05, 4.69) is 0 Å². The van der Waals surface area contributed by atoms with Crippen LogP contribution in [0, 0.1) is 0 Å². The molecule has 7 N–H and O–H groups in total. The first-order valence-corrected chi connectivity index (χ1v) is 6.07. The van der Waals surface area contributed by atoms with Crippen LogP contribution in [-0.4, -0.2) is 70.1 Å². The number of carbonyl (C=O) groups excluding carboxylic acids is 3. The van der Waals surface area contributed by atoms with Gasteiger partial charge in [0.05, 0.1) is 31.5 Å². The van der Waals surface area contributed by atoms with Crippen molar-refractivity contribution >= 4 is 30.0 Å². The van der Waals surface area contributed by atoms with E-state index in [4.69, 9.17) is 21.1 Å². The van der Waals surface area contributed by atoms with E-state index in [1.165, 1.54) is 0 Å². The number of rotatable bonds is 10. The Morgan fingerprint density at radius 3 is 1.95 bits per heavy atom. The van der Waals surface area contributed by atoms with Crippen LogP contribution >= 0.6 is 0 Å². The molecule has 0 radical (unpaired) electrons. The molecule has 11 nitrogen and oxygen atoms in total. The second kappa shape index (κ2) is 9.41. The Balaban J connectivity index is 4.64. The molecule has 124 valence electrons. The Kier molecular flexibility index (Phi) is 8.33. The molecular weight excluding hydrogens is 302 g/mol. The lowest BCUT2D eigenvalue weighted by Gasteiger charge is -2.20. The number of aliphatic hydroxyl groups excluding tert-OH is 1. The Morgan fingerprint density at radius 2 is 1.55 bits per heavy atom. The Labute approximate surface area is 124 Å². The van der Waals surface area contributed by atoms with Crippen molar-refractivity contribution in [1.29, 1.82) is 0 Å². The fraction of sp³-hybridized carbons (Fsp3) is 0.545. The summed E-state index contributed by atoms with van der Waals surface area (Å²) in [4.78, 5) is 54.7. The first-order chi connectivity index (χ1) is 10.2. The van der Waals surface area contributed by atoms with Crippen molar-refractivity contribution in [2.45, 2.75) is 31.0 Å². The van der Waals surface area contributed by atoms with Gasteiger partial charge in [-0.3, -0.25) is 19.2 Å². The summed E-state index contributed by atoms with van der Waals surface area (Å²) in [5.74, 6) is -4.64. The van der Waals surface area contributed by atoms with E-state index in [-0.39, 0.29) is 6.29 Å². The van der Waals surface area contributed by atoms with Crippen LogP contribution in [0.3, 0.4) is 0 Å². The molecule has 0 rings (SSSR count). The monoisotopic (exact) mass is 319 g/mol. The highest BCUT2D eigenvalue weighted by atomic mass is 16.4. The molecule has 0 aliphatic carbocycles. The minimum absolute atomic E-state index is 0.193.